The molecule has 6 N–H and O–H groups in total. The third-order valence-corrected chi connectivity index (χ3v) is 6.29. The van der Waals surface area contributed by atoms with Gasteiger partial charge in [-0.2, -0.15) is 11.8 Å². The predicted molar refractivity (Wildman–Crippen MR) is 133 cm³/mol. The standard InChI is InChI=1S/C23H39N3O9S/c1-22(2,3)34-18-14(27)9-15(19(18)35-23(4,5)6)36-11-13(20(31)25-10-17(29)30)26-16(28)8-7-12(24)21(32)33/h12-13,15,18-19H,7-11,24H2,1-6H3,(H,25,31)(H,26,28)(H,29,30)(H,32,33). The highest BCUT2D eigenvalue weighted by molar-refractivity contribution is 8.00. The van der Waals surface area contributed by atoms with Gasteiger partial charge >= 0.3 is 11.9 Å². The summed E-state index contributed by atoms with van der Waals surface area (Å²) in [5, 5.41) is 22.1. The topological polar surface area (TPSA) is 194 Å². The number of hydrogen-bond acceptors (Lipinski definition) is 9. The van der Waals surface area contributed by atoms with Crippen molar-refractivity contribution >= 4 is 41.3 Å². The molecule has 0 aromatic rings. The lowest BCUT2D eigenvalue weighted by molar-refractivity contribution is -0.162. The molecule has 0 radical (unpaired) electrons. The summed E-state index contributed by atoms with van der Waals surface area (Å²) >= 11 is 1.24. The van der Waals surface area contributed by atoms with Gasteiger partial charge in [-0.05, 0) is 48.0 Å². The van der Waals surface area contributed by atoms with Crippen molar-refractivity contribution in [2.45, 2.75) is 102 Å². The van der Waals surface area contributed by atoms with E-state index in [1.807, 2.05) is 41.5 Å². The van der Waals surface area contributed by atoms with Crippen molar-refractivity contribution in [1.82, 2.24) is 10.6 Å². The summed E-state index contributed by atoms with van der Waals surface area (Å²) in [5.41, 5.74) is 4.25. The van der Waals surface area contributed by atoms with Gasteiger partial charge in [0, 0.05) is 23.8 Å². The van der Waals surface area contributed by atoms with Crippen LogP contribution in [0.3, 0.4) is 0 Å². The zero-order chi connectivity index (χ0) is 27.8. The van der Waals surface area contributed by atoms with Gasteiger partial charge in [0.05, 0.1) is 11.2 Å². The first-order valence-electron chi connectivity index (χ1n) is 11.7. The summed E-state index contributed by atoms with van der Waals surface area (Å²) in [6.07, 6.45) is -1.64. The van der Waals surface area contributed by atoms with Gasteiger partial charge in [0.25, 0.3) is 0 Å². The van der Waals surface area contributed by atoms with Crippen LogP contribution in [0.5, 0.6) is 0 Å². The number of rotatable bonds is 13. The molecule has 5 atom stereocenters. The minimum Gasteiger partial charge on any atom is -0.480 e. The summed E-state index contributed by atoms with van der Waals surface area (Å²) in [4.78, 5) is 59.5. The minimum absolute atomic E-state index is 0.0202. The molecule has 0 saturated heterocycles. The van der Waals surface area contributed by atoms with E-state index in [1.165, 1.54) is 11.8 Å². The van der Waals surface area contributed by atoms with Gasteiger partial charge < -0.3 is 36.1 Å². The molecule has 0 spiro atoms. The molecule has 0 aromatic carbocycles. The summed E-state index contributed by atoms with van der Waals surface area (Å²) < 4.78 is 12.2. The van der Waals surface area contributed by atoms with E-state index < -0.39 is 65.8 Å². The second kappa shape index (κ2) is 13.4. The van der Waals surface area contributed by atoms with Crippen LogP contribution in [0, 0.1) is 0 Å². The number of Topliss-reactive ketones (excluding diaryl/α,β-unsaturated/α-hetero) is 1. The van der Waals surface area contributed by atoms with Crippen molar-refractivity contribution in [2.24, 2.45) is 5.73 Å². The molecular weight excluding hydrogens is 494 g/mol. The molecule has 1 saturated carbocycles. The maximum atomic E-state index is 12.8. The first-order chi connectivity index (χ1) is 16.4. The lowest BCUT2D eigenvalue weighted by Gasteiger charge is -2.34. The zero-order valence-corrected chi connectivity index (χ0v) is 22.5. The predicted octanol–water partition coefficient (Wildman–Crippen LogP) is 0.306. The van der Waals surface area contributed by atoms with Crippen LogP contribution in [0.25, 0.3) is 0 Å². The Bertz CT molecular complexity index is 823. The Kier molecular flexibility index (Phi) is 11.8. The second-order valence-corrected chi connectivity index (χ2v) is 11.9. The van der Waals surface area contributed by atoms with Crippen molar-refractivity contribution < 1.29 is 43.7 Å². The van der Waals surface area contributed by atoms with E-state index in [4.69, 9.17) is 25.4 Å². The zero-order valence-electron chi connectivity index (χ0n) is 21.7. The number of ketones is 1. The molecule has 0 aromatic heterocycles. The number of nitrogens with two attached hydrogens (primary N) is 1. The van der Waals surface area contributed by atoms with Gasteiger partial charge in [-0.25, -0.2) is 0 Å². The highest BCUT2D eigenvalue weighted by atomic mass is 32.2. The number of carboxylic acid groups (broad SMARTS) is 2. The van der Waals surface area contributed by atoms with Gasteiger partial charge in [-0.3, -0.25) is 24.0 Å². The van der Waals surface area contributed by atoms with E-state index in [-0.39, 0.29) is 36.0 Å². The number of ether oxygens (including phenoxy) is 2. The van der Waals surface area contributed by atoms with Crippen LogP contribution in [0.4, 0.5) is 0 Å². The van der Waals surface area contributed by atoms with E-state index in [9.17, 15) is 24.0 Å². The molecule has 36 heavy (non-hydrogen) atoms. The molecule has 13 heteroatoms. The highest BCUT2D eigenvalue weighted by Gasteiger charge is 2.47. The Labute approximate surface area is 215 Å². The number of thioether (sulfide) groups is 1. The molecule has 12 nitrogen and oxygen atoms in total. The Morgan fingerprint density at radius 1 is 1.08 bits per heavy atom. The monoisotopic (exact) mass is 533 g/mol. The lowest BCUT2D eigenvalue weighted by atomic mass is 10.1. The number of nitrogens with one attached hydrogen (secondary N) is 2. The van der Waals surface area contributed by atoms with Crippen LogP contribution in [-0.2, 0) is 33.4 Å². The van der Waals surface area contributed by atoms with Crippen molar-refractivity contribution in [3.8, 4) is 0 Å². The summed E-state index contributed by atoms with van der Waals surface area (Å²) in [5.74, 6) is -3.95. The summed E-state index contributed by atoms with van der Waals surface area (Å²) in [7, 11) is 0. The molecule has 5 unspecified atom stereocenters. The minimum atomic E-state index is -1.25. The quantitative estimate of drug-likeness (QED) is 0.218. The normalized spacial score (nSPS) is 22.1. The van der Waals surface area contributed by atoms with E-state index in [2.05, 4.69) is 10.6 Å². The fourth-order valence-electron chi connectivity index (χ4n) is 3.39. The lowest BCUT2D eigenvalue weighted by Crippen LogP contribution is -2.50. The maximum absolute atomic E-state index is 12.8. The average molecular weight is 534 g/mol. The van der Waals surface area contributed by atoms with Crippen LogP contribution in [0.1, 0.15) is 60.8 Å². The van der Waals surface area contributed by atoms with E-state index >= 15 is 0 Å². The molecule has 0 bridgehead atoms. The highest BCUT2D eigenvalue weighted by Crippen LogP contribution is 2.36. The van der Waals surface area contributed by atoms with Gasteiger partial charge in [0.2, 0.25) is 11.8 Å². The number of hydrogen-bond donors (Lipinski definition) is 5. The molecule has 206 valence electrons. The average Bonchev–Trinajstić information content (AvgIpc) is 2.98. The number of carboxylic acids is 2. The first kappa shape index (κ1) is 31.8. The fraction of sp³-hybridized carbons (Fsp3) is 0.783. The van der Waals surface area contributed by atoms with Gasteiger partial charge in [-0.1, -0.05) is 0 Å². The molecule has 2 amide bonds. The van der Waals surface area contributed by atoms with Crippen LogP contribution >= 0.6 is 11.8 Å². The van der Waals surface area contributed by atoms with E-state index in [0.717, 1.165) is 0 Å². The second-order valence-electron chi connectivity index (χ2n) is 10.6. The number of amides is 2. The smallest absolute Gasteiger partial charge is 0.322 e. The van der Waals surface area contributed by atoms with Crippen molar-refractivity contribution in [1.29, 1.82) is 0 Å². The van der Waals surface area contributed by atoms with Gasteiger partial charge in [0.1, 0.15) is 30.8 Å². The third-order valence-electron chi connectivity index (χ3n) is 4.90. The van der Waals surface area contributed by atoms with Crippen molar-refractivity contribution in [2.75, 3.05) is 12.3 Å². The van der Waals surface area contributed by atoms with E-state index in [0.29, 0.717) is 0 Å². The molecular formula is C23H39N3O9S. The largest absolute Gasteiger partial charge is 0.480 e. The van der Waals surface area contributed by atoms with Crippen LogP contribution < -0.4 is 16.4 Å². The number of aliphatic carboxylic acids is 2. The Morgan fingerprint density at radius 3 is 2.17 bits per heavy atom. The summed E-state index contributed by atoms with van der Waals surface area (Å²) in [6.45, 7) is 10.4. The van der Waals surface area contributed by atoms with Gasteiger partial charge in [-0.15, -0.1) is 0 Å². The Hall–Kier alpha value is -2.22. The fourth-order valence-corrected chi connectivity index (χ4v) is 4.73. The molecule has 0 heterocycles. The van der Waals surface area contributed by atoms with Crippen LogP contribution in [0.2, 0.25) is 0 Å². The third kappa shape index (κ3) is 11.7. The first-order valence-corrected chi connectivity index (χ1v) is 12.7. The van der Waals surface area contributed by atoms with Crippen LogP contribution in [-0.4, -0.2) is 92.8 Å². The Morgan fingerprint density at radius 2 is 1.67 bits per heavy atom. The molecule has 1 aliphatic rings. The van der Waals surface area contributed by atoms with Crippen molar-refractivity contribution in [3.63, 3.8) is 0 Å². The molecule has 1 fully saturated rings. The number of carbonyl (C=O) groups excluding carboxylic acids is 3. The van der Waals surface area contributed by atoms with Crippen LogP contribution in [0.15, 0.2) is 0 Å². The molecule has 1 rings (SSSR count). The molecule has 0 aliphatic heterocycles. The SMILES string of the molecule is CC(C)(C)OC1C(=O)CC(SCC(NC(=O)CCC(N)C(=O)O)C(=O)NCC(=O)O)C1OC(C)(C)C. The van der Waals surface area contributed by atoms with Gasteiger partial charge in [0.15, 0.2) is 5.78 Å². The molecule has 1 aliphatic carbocycles. The van der Waals surface area contributed by atoms with Crippen molar-refractivity contribution in [3.05, 3.63) is 0 Å². The summed E-state index contributed by atoms with van der Waals surface area (Å²) in [6, 6.07) is -2.36. The number of carbonyl (C=O) groups is 5. The Balaban J connectivity index is 2.98. The maximum Gasteiger partial charge on any atom is 0.322 e. The van der Waals surface area contributed by atoms with E-state index in [1.54, 1.807) is 0 Å².